The Morgan fingerprint density at radius 3 is 2.79 bits per heavy atom. The smallest absolute Gasteiger partial charge is 0.328 e. The summed E-state index contributed by atoms with van der Waals surface area (Å²) in [4.78, 5) is 10.2. The predicted molar refractivity (Wildman–Crippen MR) is 55.8 cm³/mol. The SMILES string of the molecule is O=C(O)/C=C/c1cc(Br)cc(F)c1Cl. The monoisotopic (exact) mass is 278 g/mol. The molecule has 0 fully saturated rings. The number of rotatable bonds is 2. The first-order valence-corrected chi connectivity index (χ1v) is 4.73. The number of benzene rings is 1. The standard InChI is InChI=1S/C9H5BrClFO2/c10-6-3-5(1-2-8(13)14)9(11)7(12)4-6/h1-4H,(H,13,14)/b2-1+. The molecule has 1 aromatic carbocycles. The quantitative estimate of drug-likeness (QED) is 0.666. The minimum atomic E-state index is -1.11. The van der Waals surface area contributed by atoms with E-state index in [1.54, 1.807) is 0 Å². The Morgan fingerprint density at radius 1 is 1.57 bits per heavy atom. The van der Waals surface area contributed by atoms with E-state index >= 15 is 0 Å². The Balaban J connectivity index is 3.14. The van der Waals surface area contributed by atoms with Crippen LogP contribution in [0.15, 0.2) is 22.7 Å². The lowest BCUT2D eigenvalue weighted by atomic mass is 10.2. The van der Waals surface area contributed by atoms with Crippen molar-refractivity contribution in [3.63, 3.8) is 0 Å². The highest BCUT2D eigenvalue weighted by molar-refractivity contribution is 9.10. The largest absolute Gasteiger partial charge is 0.478 e. The zero-order chi connectivity index (χ0) is 10.7. The van der Waals surface area contributed by atoms with Crippen molar-refractivity contribution in [2.75, 3.05) is 0 Å². The van der Waals surface area contributed by atoms with E-state index in [1.165, 1.54) is 18.2 Å². The predicted octanol–water partition coefficient (Wildman–Crippen LogP) is 3.34. The van der Waals surface area contributed by atoms with Crippen molar-refractivity contribution in [1.29, 1.82) is 0 Å². The Kier molecular flexibility index (Phi) is 3.66. The van der Waals surface area contributed by atoms with Gasteiger partial charge >= 0.3 is 5.97 Å². The highest BCUT2D eigenvalue weighted by Gasteiger charge is 2.05. The van der Waals surface area contributed by atoms with Gasteiger partial charge in [-0.1, -0.05) is 27.5 Å². The Labute approximate surface area is 93.1 Å². The third-order valence-corrected chi connectivity index (χ3v) is 2.28. The third kappa shape index (κ3) is 2.82. The van der Waals surface area contributed by atoms with Crippen molar-refractivity contribution >= 4 is 39.6 Å². The Hall–Kier alpha value is -0.870. The molecule has 0 unspecified atom stereocenters. The Morgan fingerprint density at radius 2 is 2.21 bits per heavy atom. The molecule has 0 aliphatic rings. The van der Waals surface area contributed by atoms with Gasteiger partial charge in [-0.05, 0) is 23.8 Å². The number of aliphatic carboxylic acids is 1. The summed E-state index contributed by atoms with van der Waals surface area (Å²) < 4.78 is 13.5. The van der Waals surface area contributed by atoms with Crippen molar-refractivity contribution in [2.24, 2.45) is 0 Å². The zero-order valence-corrected chi connectivity index (χ0v) is 9.14. The summed E-state index contributed by atoms with van der Waals surface area (Å²) in [5, 5.41) is 8.28. The number of carbonyl (C=O) groups is 1. The van der Waals surface area contributed by atoms with Crippen LogP contribution in [0.5, 0.6) is 0 Å². The van der Waals surface area contributed by atoms with Gasteiger partial charge in [0.2, 0.25) is 0 Å². The molecule has 0 radical (unpaired) electrons. The van der Waals surface area contributed by atoms with E-state index in [4.69, 9.17) is 16.7 Å². The molecular weight excluding hydrogens is 274 g/mol. The second kappa shape index (κ2) is 4.57. The molecule has 14 heavy (non-hydrogen) atoms. The molecule has 0 saturated heterocycles. The lowest BCUT2D eigenvalue weighted by Crippen LogP contribution is -1.87. The normalized spacial score (nSPS) is 10.8. The average molecular weight is 279 g/mol. The maximum absolute atomic E-state index is 13.0. The lowest BCUT2D eigenvalue weighted by molar-refractivity contribution is -0.131. The first kappa shape index (κ1) is 11.2. The van der Waals surface area contributed by atoms with Crippen molar-refractivity contribution in [1.82, 2.24) is 0 Å². The van der Waals surface area contributed by atoms with Gasteiger partial charge in [-0.2, -0.15) is 0 Å². The summed E-state index contributed by atoms with van der Waals surface area (Å²) in [7, 11) is 0. The first-order valence-electron chi connectivity index (χ1n) is 3.56. The van der Waals surface area contributed by atoms with Crippen LogP contribution in [0.1, 0.15) is 5.56 Å². The number of carboxylic acid groups (broad SMARTS) is 1. The van der Waals surface area contributed by atoms with E-state index in [9.17, 15) is 9.18 Å². The maximum Gasteiger partial charge on any atom is 0.328 e. The van der Waals surface area contributed by atoms with Gasteiger partial charge in [0.05, 0.1) is 5.02 Å². The second-order valence-electron chi connectivity index (χ2n) is 2.46. The Bertz CT molecular complexity index is 404. The van der Waals surface area contributed by atoms with Crippen LogP contribution >= 0.6 is 27.5 Å². The van der Waals surface area contributed by atoms with Crippen LogP contribution in [0.25, 0.3) is 6.08 Å². The molecule has 0 amide bonds. The topological polar surface area (TPSA) is 37.3 Å². The third-order valence-electron chi connectivity index (χ3n) is 1.43. The van der Waals surface area contributed by atoms with Crippen LogP contribution in [0.4, 0.5) is 4.39 Å². The molecule has 5 heteroatoms. The van der Waals surface area contributed by atoms with Crippen LogP contribution in [-0.4, -0.2) is 11.1 Å². The molecule has 0 aromatic heterocycles. The summed E-state index contributed by atoms with van der Waals surface area (Å²) in [5.41, 5.74) is 0.320. The van der Waals surface area contributed by atoms with Crippen molar-refractivity contribution in [2.45, 2.75) is 0 Å². The highest BCUT2D eigenvalue weighted by atomic mass is 79.9. The molecule has 1 aromatic rings. The summed E-state index contributed by atoms with van der Waals surface area (Å²) in [5.74, 6) is -1.70. The molecule has 1 N–H and O–H groups in total. The molecule has 0 aliphatic carbocycles. The van der Waals surface area contributed by atoms with Crippen LogP contribution in [-0.2, 0) is 4.79 Å². The van der Waals surface area contributed by atoms with Crippen LogP contribution in [0.3, 0.4) is 0 Å². The van der Waals surface area contributed by atoms with E-state index in [1.807, 2.05) is 0 Å². The molecule has 1 rings (SSSR count). The summed E-state index contributed by atoms with van der Waals surface area (Å²) in [6.07, 6.45) is 2.13. The maximum atomic E-state index is 13.0. The van der Waals surface area contributed by atoms with Crippen LogP contribution in [0, 0.1) is 5.82 Å². The summed E-state index contributed by atoms with van der Waals surface area (Å²) in [6.45, 7) is 0. The fourth-order valence-corrected chi connectivity index (χ4v) is 1.48. The van der Waals surface area contributed by atoms with E-state index in [0.717, 1.165) is 6.08 Å². The van der Waals surface area contributed by atoms with E-state index in [-0.39, 0.29) is 5.02 Å². The molecule has 2 nitrogen and oxygen atoms in total. The van der Waals surface area contributed by atoms with Gasteiger partial charge in [-0.3, -0.25) is 0 Å². The van der Waals surface area contributed by atoms with Gasteiger partial charge in [0.15, 0.2) is 0 Å². The average Bonchev–Trinajstić information content (AvgIpc) is 2.08. The molecular formula is C9H5BrClFO2. The van der Waals surface area contributed by atoms with Crippen molar-refractivity contribution in [3.05, 3.63) is 39.1 Å². The zero-order valence-electron chi connectivity index (χ0n) is 6.80. The fourth-order valence-electron chi connectivity index (χ4n) is 0.858. The van der Waals surface area contributed by atoms with Crippen molar-refractivity contribution < 1.29 is 14.3 Å². The molecule has 0 heterocycles. The van der Waals surface area contributed by atoms with Gasteiger partial charge in [-0.25, -0.2) is 9.18 Å². The van der Waals surface area contributed by atoms with Gasteiger partial charge in [0, 0.05) is 10.5 Å². The minimum Gasteiger partial charge on any atom is -0.478 e. The van der Waals surface area contributed by atoms with Crippen LogP contribution < -0.4 is 0 Å². The number of hydrogen-bond donors (Lipinski definition) is 1. The van der Waals surface area contributed by atoms with E-state index in [0.29, 0.717) is 10.0 Å². The highest BCUT2D eigenvalue weighted by Crippen LogP contribution is 2.25. The fraction of sp³-hybridized carbons (Fsp3) is 0. The lowest BCUT2D eigenvalue weighted by Gasteiger charge is -2.00. The minimum absolute atomic E-state index is 0.0919. The van der Waals surface area contributed by atoms with Gasteiger partial charge in [0.25, 0.3) is 0 Å². The second-order valence-corrected chi connectivity index (χ2v) is 3.76. The first-order chi connectivity index (χ1) is 6.50. The summed E-state index contributed by atoms with van der Waals surface area (Å²) in [6, 6.07) is 2.74. The van der Waals surface area contributed by atoms with Crippen molar-refractivity contribution in [3.8, 4) is 0 Å². The summed E-state index contributed by atoms with van der Waals surface area (Å²) >= 11 is 8.68. The number of hydrogen-bond acceptors (Lipinski definition) is 1. The van der Waals surface area contributed by atoms with E-state index in [2.05, 4.69) is 15.9 Å². The van der Waals surface area contributed by atoms with Gasteiger partial charge < -0.3 is 5.11 Å². The molecule has 0 bridgehead atoms. The number of halogens is 3. The molecule has 0 aliphatic heterocycles. The molecule has 0 spiro atoms. The molecule has 74 valence electrons. The van der Waals surface area contributed by atoms with Gasteiger partial charge in [-0.15, -0.1) is 0 Å². The number of carboxylic acids is 1. The van der Waals surface area contributed by atoms with Gasteiger partial charge in [0.1, 0.15) is 5.82 Å². The molecule has 0 atom stereocenters. The van der Waals surface area contributed by atoms with E-state index < -0.39 is 11.8 Å². The van der Waals surface area contributed by atoms with Crippen LogP contribution in [0.2, 0.25) is 5.02 Å². The molecule has 0 saturated carbocycles.